The lowest BCUT2D eigenvalue weighted by Crippen LogP contribution is -2.60. The molecule has 16 fully saturated rings. The minimum Gasteiger partial charge on any atom is -0.462 e. The fraction of sp³-hybridized carbons (Fsp3) is 0.938. The molecule has 0 heterocycles. The van der Waals surface area contributed by atoms with Crippen molar-refractivity contribution in [2.45, 2.75) is 243 Å². The first-order chi connectivity index (χ1) is 32.9. The molecule has 16 saturated carbocycles. The van der Waals surface area contributed by atoms with Crippen molar-refractivity contribution in [1.29, 1.82) is 0 Å². The summed E-state index contributed by atoms with van der Waals surface area (Å²) in [5.41, 5.74) is -1.21. The Kier molecular flexibility index (Phi) is 14.7. The van der Waals surface area contributed by atoms with Gasteiger partial charge in [-0.15, -0.1) is 0 Å². The predicted octanol–water partition coefficient (Wildman–Crippen LogP) is 15.0. The first-order valence-electron chi connectivity index (χ1n) is 29.8. The summed E-state index contributed by atoms with van der Waals surface area (Å²) >= 11 is 0. The Balaban J connectivity index is 0.000000170. The molecule has 73 heavy (non-hydrogen) atoms. The van der Waals surface area contributed by atoms with Crippen molar-refractivity contribution in [2.75, 3.05) is 0 Å². The molecular weight excluding hydrogens is 909 g/mol. The molecule has 0 spiro atoms. The highest BCUT2D eigenvalue weighted by molar-refractivity contribution is 5.77. The smallest absolute Gasteiger partial charge is 0.311 e. The molecule has 0 N–H and O–H groups in total. The van der Waals surface area contributed by atoms with Gasteiger partial charge < -0.3 is 18.9 Å². The Labute approximate surface area is 444 Å². The van der Waals surface area contributed by atoms with E-state index in [4.69, 9.17) is 18.9 Å². The van der Waals surface area contributed by atoms with Crippen molar-refractivity contribution in [3.8, 4) is 0 Å². The summed E-state index contributed by atoms with van der Waals surface area (Å²) in [6.45, 7) is 16.7. The Hall–Kier alpha value is -2.12. The second-order valence-corrected chi connectivity index (χ2v) is 29.4. The molecule has 0 aromatic rings. The molecule has 16 atom stereocenters. The third-order valence-corrected chi connectivity index (χ3v) is 26.0. The molecule has 0 aromatic carbocycles. The second kappa shape index (κ2) is 19.4. The second-order valence-electron chi connectivity index (χ2n) is 29.4. The van der Waals surface area contributed by atoms with Crippen molar-refractivity contribution >= 4 is 23.9 Å². The molecule has 16 bridgehead atoms. The summed E-state index contributed by atoms with van der Waals surface area (Å²) in [5.74, 6) is 13.7. The quantitative estimate of drug-likeness (QED) is 0.114. The molecule has 16 rings (SSSR count). The zero-order chi connectivity index (χ0) is 47.8. The van der Waals surface area contributed by atoms with Crippen LogP contribution in [-0.2, 0) is 38.1 Å². The van der Waals surface area contributed by atoms with Gasteiger partial charge in [0.25, 0.3) is 0 Å². The number of rotatable bonds is 11. The Morgan fingerprint density at radius 3 is 1.14 bits per heavy atom. The van der Waals surface area contributed by atoms with E-state index in [1.54, 1.807) is 0 Å². The first-order valence-corrected chi connectivity index (χ1v) is 29.8. The summed E-state index contributed by atoms with van der Waals surface area (Å²) in [6, 6.07) is 0. The van der Waals surface area contributed by atoms with Crippen LogP contribution in [0.2, 0.25) is 0 Å². The maximum absolute atomic E-state index is 13.9. The fourth-order valence-corrected chi connectivity index (χ4v) is 22.4. The molecular formula is C65H106O8. The zero-order valence-corrected chi connectivity index (χ0v) is 44.0. The molecule has 0 amide bonds. The lowest BCUT2D eigenvalue weighted by molar-refractivity contribution is -0.217. The maximum Gasteiger partial charge on any atom is 0.311 e. The van der Waals surface area contributed by atoms with E-state index in [0.29, 0.717) is 82.9 Å². The third kappa shape index (κ3) is 8.31. The van der Waals surface area contributed by atoms with E-state index in [2.05, 4.69) is 27.7 Å². The van der Waals surface area contributed by atoms with Crippen LogP contribution in [0, 0.1) is 141 Å². The fourth-order valence-electron chi connectivity index (χ4n) is 22.4. The maximum atomic E-state index is 13.9. The molecule has 16 aliphatic carbocycles. The van der Waals surface area contributed by atoms with Crippen LogP contribution in [0.1, 0.15) is 220 Å². The van der Waals surface area contributed by atoms with Gasteiger partial charge in [-0.2, -0.15) is 0 Å². The standard InChI is InChI=1S/C31H46O4.C30H44O4.4CH4/c1-5-30(3,4)29(33)34-25-15-19-14-24(25)27-22-12-18(26(19)27)13-23(22)28(32)35-31(6-2)20-8-16-7-17(10-20)11-21(31)9-16;1-5-29(2,3)28(32)33-24-14-18-13-23(24)26-21-11-17(25(18)26)12-22(21)27(31)34-30(4)19-7-15-6-16(9-19)10-20(30)8-15;;;;/h16-27H,5-15H2,1-4H3;15-26H,5-14H2,1-4H3;4*1H4. The molecule has 8 heteroatoms. The minimum absolute atomic E-state index is 0. The van der Waals surface area contributed by atoms with Crippen LogP contribution in [0.5, 0.6) is 0 Å². The first kappa shape index (κ1) is 55.6. The van der Waals surface area contributed by atoms with E-state index in [1.807, 2.05) is 27.7 Å². The van der Waals surface area contributed by atoms with Crippen molar-refractivity contribution in [1.82, 2.24) is 0 Å². The highest BCUT2D eigenvalue weighted by Gasteiger charge is 2.70. The van der Waals surface area contributed by atoms with Gasteiger partial charge in [0.15, 0.2) is 0 Å². The van der Waals surface area contributed by atoms with E-state index in [1.165, 1.54) is 89.9 Å². The molecule has 0 saturated heterocycles. The molecule has 8 nitrogen and oxygen atoms in total. The van der Waals surface area contributed by atoms with Crippen LogP contribution in [0.15, 0.2) is 0 Å². The predicted molar refractivity (Wildman–Crippen MR) is 288 cm³/mol. The molecule has 16 unspecified atom stereocenters. The summed E-state index contributed by atoms with van der Waals surface area (Å²) in [6.07, 6.45) is 25.0. The Bertz CT molecular complexity index is 2030. The van der Waals surface area contributed by atoms with Gasteiger partial charge in [0.2, 0.25) is 0 Å². The number of hydrogen-bond acceptors (Lipinski definition) is 8. The summed E-state index contributed by atoms with van der Waals surface area (Å²) < 4.78 is 25.7. The van der Waals surface area contributed by atoms with Crippen molar-refractivity contribution in [3.05, 3.63) is 0 Å². The van der Waals surface area contributed by atoms with Gasteiger partial charge >= 0.3 is 23.9 Å². The highest BCUT2D eigenvalue weighted by Crippen LogP contribution is 2.72. The van der Waals surface area contributed by atoms with Gasteiger partial charge in [-0.3, -0.25) is 19.2 Å². The largest absolute Gasteiger partial charge is 0.462 e. The lowest BCUT2D eigenvalue weighted by Gasteiger charge is -2.60. The number of esters is 4. The van der Waals surface area contributed by atoms with Crippen LogP contribution in [0.25, 0.3) is 0 Å². The van der Waals surface area contributed by atoms with Gasteiger partial charge in [-0.05, 0) is 288 Å². The summed E-state index contributed by atoms with van der Waals surface area (Å²) in [7, 11) is 0. The highest BCUT2D eigenvalue weighted by atomic mass is 16.6. The van der Waals surface area contributed by atoms with E-state index < -0.39 is 10.8 Å². The summed E-state index contributed by atoms with van der Waals surface area (Å²) in [5, 5.41) is 0. The number of carbonyl (C=O) groups is 4. The molecule has 0 aliphatic heterocycles. The van der Waals surface area contributed by atoms with Crippen molar-refractivity contribution in [3.63, 3.8) is 0 Å². The van der Waals surface area contributed by atoms with Gasteiger partial charge in [-0.25, -0.2) is 0 Å². The SMILES string of the molecule is C.C.C.C.CCC(C)(C)C(=O)OC1CC2CC1C1C3CC(CC3C(=O)OC3(C)C4CC5CC(C4)CC3C5)C21.CCC(C)(C)C(=O)OC1CC2CC1C1C3CC(CC3C(=O)OC3(CC)C4CC5CC(C4)CC3C5)C21. The Morgan fingerprint density at radius 2 is 0.767 bits per heavy atom. The molecule has 0 aromatic heterocycles. The van der Waals surface area contributed by atoms with Gasteiger partial charge in [-0.1, -0.05) is 50.5 Å². The van der Waals surface area contributed by atoms with Gasteiger partial charge in [0, 0.05) is 0 Å². The van der Waals surface area contributed by atoms with Crippen LogP contribution in [-0.4, -0.2) is 47.3 Å². The monoisotopic (exact) mass is 1010 g/mol. The Morgan fingerprint density at radius 1 is 0.425 bits per heavy atom. The summed E-state index contributed by atoms with van der Waals surface area (Å²) in [4.78, 5) is 53.4. The van der Waals surface area contributed by atoms with Crippen LogP contribution in [0.4, 0.5) is 0 Å². The average Bonchev–Trinajstić information content (AvgIpc) is 4.20. The third-order valence-electron chi connectivity index (χ3n) is 26.0. The zero-order valence-electron chi connectivity index (χ0n) is 44.0. The van der Waals surface area contributed by atoms with Gasteiger partial charge in [0.05, 0.1) is 22.7 Å². The molecule has 0 radical (unpaired) electrons. The van der Waals surface area contributed by atoms with Crippen LogP contribution >= 0.6 is 0 Å². The van der Waals surface area contributed by atoms with Crippen molar-refractivity contribution in [2.24, 2.45) is 141 Å². The van der Waals surface area contributed by atoms with Crippen LogP contribution < -0.4 is 0 Å². The number of fused-ring (bicyclic) bond motifs is 18. The van der Waals surface area contributed by atoms with E-state index >= 15 is 0 Å². The van der Waals surface area contributed by atoms with E-state index in [0.717, 1.165) is 80.5 Å². The van der Waals surface area contributed by atoms with Gasteiger partial charge in [0.1, 0.15) is 23.4 Å². The molecule has 414 valence electrons. The number of ether oxygens (including phenoxy) is 4. The minimum atomic E-state index is -0.407. The normalized spacial score (nSPS) is 50.4. The van der Waals surface area contributed by atoms with E-state index in [-0.39, 0.29) is 88.8 Å². The lowest BCUT2D eigenvalue weighted by atomic mass is 9.49. The van der Waals surface area contributed by atoms with Crippen molar-refractivity contribution < 1.29 is 38.1 Å². The van der Waals surface area contributed by atoms with Crippen LogP contribution in [0.3, 0.4) is 0 Å². The molecule has 16 aliphatic rings. The van der Waals surface area contributed by atoms with E-state index in [9.17, 15) is 19.2 Å². The number of carbonyl (C=O) groups excluding carboxylic acids is 4. The topological polar surface area (TPSA) is 105 Å². The average molecular weight is 1020 g/mol. The number of hydrogen-bond donors (Lipinski definition) is 0.